The van der Waals surface area contributed by atoms with Gasteiger partial charge in [-0.1, -0.05) is 329 Å². The van der Waals surface area contributed by atoms with Crippen LogP contribution in [0, 0.1) is 0 Å². The zero-order chi connectivity index (χ0) is 50.0. The van der Waals surface area contributed by atoms with Crippen LogP contribution in [0.3, 0.4) is 0 Å². The van der Waals surface area contributed by atoms with Gasteiger partial charge in [0.2, 0.25) is 0 Å². The van der Waals surface area contributed by atoms with Crippen LogP contribution in [0.1, 0.15) is 367 Å². The lowest BCUT2D eigenvalue weighted by atomic mass is 10.0. The Kier molecular flexibility index (Phi) is 57.6. The number of hydrogen-bond donors (Lipinski definition) is 0. The molecule has 1 atom stereocenters. The molecule has 6 nitrogen and oxygen atoms in total. The summed E-state index contributed by atoms with van der Waals surface area (Å²) >= 11 is 0. The largest absolute Gasteiger partial charge is 0.462 e. The number of hydrogen-bond acceptors (Lipinski definition) is 6. The van der Waals surface area contributed by atoms with Gasteiger partial charge in [0.05, 0.1) is 0 Å². The molecule has 0 N–H and O–H groups in total. The summed E-state index contributed by atoms with van der Waals surface area (Å²) in [5.41, 5.74) is 0. The lowest BCUT2D eigenvalue weighted by Gasteiger charge is -2.18. The predicted molar refractivity (Wildman–Crippen MR) is 298 cm³/mol. The number of unbranched alkanes of at least 4 members (excludes halogenated alkanes) is 48. The number of esters is 3. The molecule has 0 bridgehead atoms. The van der Waals surface area contributed by atoms with Crippen molar-refractivity contribution in [1.29, 1.82) is 0 Å². The first kappa shape index (κ1) is 67.4. The van der Waals surface area contributed by atoms with Crippen LogP contribution in [0.5, 0.6) is 0 Å². The zero-order valence-corrected chi connectivity index (χ0v) is 47.1. The number of rotatable bonds is 59. The van der Waals surface area contributed by atoms with E-state index in [0.717, 1.165) is 57.8 Å². The standard InChI is InChI=1S/C63H122O6/c1-4-7-10-13-16-19-22-24-26-28-30-31-33-35-37-39-42-45-48-51-54-57-63(66)69-60(58-67-61(64)55-52-49-46-43-40-21-18-15-12-9-6-3)59-68-62(65)56-53-50-47-44-41-38-36-34-32-29-27-25-23-20-17-14-11-8-5-2/h60H,4-59H2,1-3H3/t60-/m0/s1. The summed E-state index contributed by atoms with van der Waals surface area (Å²) in [6, 6.07) is 0. The van der Waals surface area contributed by atoms with Crippen molar-refractivity contribution in [1.82, 2.24) is 0 Å². The van der Waals surface area contributed by atoms with Crippen LogP contribution in [0.25, 0.3) is 0 Å². The van der Waals surface area contributed by atoms with E-state index in [4.69, 9.17) is 14.2 Å². The van der Waals surface area contributed by atoms with Crippen molar-refractivity contribution in [3.8, 4) is 0 Å². The van der Waals surface area contributed by atoms with Gasteiger partial charge in [-0.25, -0.2) is 0 Å². The molecule has 0 aliphatic carbocycles. The highest BCUT2D eigenvalue weighted by Gasteiger charge is 2.19. The molecule has 6 heteroatoms. The Morgan fingerprint density at radius 1 is 0.232 bits per heavy atom. The smallest absolute Gasteiger partial charge is 0.306 e. The van der Waals surface area contributed by atoms with Crippen LogP contribution in [0.4, 0.5) is 0 Å². The van der Waals surface area contributed by atoms with E-state index in [0.29, 0.717) is 19.3 Å². The molecular formula is C63H122O6. The van der Waals surface area contributed by atoms with E-state index in [1.54, 1.807) is 0 Å². The quantitative estimate of drug-likeness (QED) is 0.0343. The van der Waals surface area contributed by atoms with Crippen molar-refractivity contribution in [2.75, 3.05) is 13.2 Å². The van der Waals surface area contributed by atoms with Crippen molar-refractivity contribution in [2.24, 2.45) is 0 Å². The van der Waals surface area contributed by atoms with Gasteiger partial charge >= 0.3 is 17.9 Å². The SMILES string of the molecule is CCCCCCCCCCCCCCCCCCCCCCCC(=O)O[C@@H](COC(=O)CCCCCCCCCCCCC)COC(=O)CCCCCCCCCCCCCCCCCCCCC. The Morgan fingerprint density at radius 3 is 0.580 bits per heavy atom. The molecule has 0 saturated carbocycles. The molecular weight excluding hydrogens is 853 g/mol. The van der Waals surface area contributed by atoms with Crippen LogP contribution >= 0.6 is 0 Å². The highest BCUT2D eigenvalue weighted by Crippen LogP contribution is 2.18. The maximum Gasteiger partial charge on any atom is 0.306 e. The third kappa shape index (κ3) is 57.2. The van der Waals surface area contributed by atoms with Gasteiger partial charge in [0.25, 0.3) is 0 Å². The molecule has 0 aromatic carbocycles. The average molecular weight is 976 g/mol. The third-order valence-electron chi connectivity index (χ3n) is 14.6. The molecule has 0 aromatic rings. The number of carbonyl (C=O) groups is 3. The fourth-order valence-electron chi connectivity index (χ4n) is 9.86. The monoisotopic (exact) mass is 975 g/mol. The Bertz CT molecular complexity index is 1030. The highest BCUT2D eigenvalue weighted by molar-refractivity contribution is 5.71. The molecule has 0 aromatic heterocycles. The molecule has 0 heterocycles. The number of carbonyl (C=O) groups excluding carboxylic acids is 3. The first-order valence-electron chi connectivity index (χ1n) is 31.5. The van der Waals surface area contributed by atoms with Gasteiger partial charge in [0.1, 0.15) is 13.2 Å². The summed E-state index contributed by atoms with van der Waals surface area (Å²) in [5.74, 6) is -0.828. The molecule has 0 unspecified atom stereocenters. The molecule has 410 valence electrons. The minimum Gasteiger partial charge on any atom is -0.462 e. The normalized spacial score (nSPS) is 11.9. The lowest BCUT2D eigenvalue weighted by Crippen LogP contribution is -2.30. The van der Waals surface area contributed by atoms with Crippen LogP contribution in [-0.2, 0) is 28.6 Å². The fraction of sp³-hybridized carbons (Fsp3) is 0.952. The third-order valence-corrected chi connectivity index (χ3v) is 14.6. The fourth-order valence-corrected chi connectivity index (χ4v) is 9.86. The second-order valence-electron chi connectivity index (χ2n) is 21.7. The summed E-state index contributed by atoms with van der Waals surface area (Å²) in [4.78, 5) is 38.2. The van der Waals surface area contributed by atoms with E-state index in [-0.39, 0.29) is 31.1 Å². The second kappa shape index (κ2) is 59.0. The topological polar surface area (TPSA) is 78.9 Å². The summed E-state index contributed by atoms with van der Waals surface area (Å²) in [6.45, 7) is 6.72. The Hall–Kier alpha value is -1.59. The van der Waals surface area contributed by atoms with Gasteiger partial charge in [0, 0.05) is 19.3 Å². The second-order valence-corrected chi connectivity index (χ2v) is 21.7. The van der Waals surface area contributed by atoms with Gasteiger partial charge in [0.15, 0.2) is 6.10 Å². The van der Waals surface area contributed by atoms with Gasteiger partial charge in [-0.15, -0.1) is 0 Å². The van der Waals surface area contributed by atoms with E-state index < -0.39 is 6.10 Å². The van der Waals surface area contributed by atoms with Crippen molar-refractivity contribution in [2.45, 2.75) is 374 Å². The van der Waals surface area contributed by atoms with Crippen molar-refractivity contribution < 1.29 is 28.6 Å². The van der Waals surface area contributed by atoms with Crippen LogP contribution < -0.4 is 0 Å². The van der Waals surface area contributed by atoms with Gasteiger partial charge in [-0.2, -0.15) is 0 Å². The average Bonchev–Trinajstić information content (AvgIpc) is 3.35. The number of ether oxygens (including phenoxy) is 3. The minimum atomic E-state index is -0.761. The Balaban J connectivity index is 4.21. The van der Waals surface area contributed by atoms with E-state index in [1.165, 1.54) is 270 Å². The summed E-state index contributed by atoms with van der Waals surface area (Å²) in [7, 11) is 0. The zero-order valence-electron chi connectivity index (χ0n) is 47.1. The molecule has 0 fully saturated rings. The van der Waals surface area contributed by atoms with Crippen molar-refractivity contribution >= 4 is 17.9 Å². The molecule has 0 rings (SSSR count). The van der Waals surface area contributed by atoms with Crippen molar-refractivity contribution in [3.63, 3.8) is 0 Å². The summed E-state index contributed by atoms with van der Waals surface area (Å²) in [5, 5.41) is 0. The Labute approximate surface area is 431 Å². The van der Waals surface area contributed by atoms with E-state index in [2.05, 4.69) is 20.8 Å². The summed E-state index contributed by atoms with van der Waals surface area (Å²) in [6.07, 6.45) is 66.8. The summed E-state index contributed by atoms with van der Waals surface area (Å²) < 4.78 is 16.9. The molecule has 0 amide bonds. The van der Waals surface area contributed by atoms with Gasteiger partial charge < -0.3 is 14.2 Å². The first-order valence-corrected chi connectivity index (χ1v) is 31.5. The first-order chi connectivity index (χ1) is 34.0. The maximum absolute atomic E-state index is 12.9. The van der Waals surface area contributed by atoms with Gasteiger partial charge in [-0.3, -0.25) is 14.4 Å². The molecule has 0 aliphatic rings. The van der Waals surface area contributed by atoms with Crippen LogP contribution in [-0.4, -0.2) is 37.2 Å². The van der Waals surface area contributed by atoms with Crippen molar-refractivity contribution in [3.05, 3.63) is 0 Å². The van der Waals surface area contributed by atoms with E-state index >= 15 is 0 Å². The Morgan fingerprint density at radius 2 is 0.391 bits per heavy atom. The molecule has 0 spiro atoms. The lowest BCUT2D eigenvalue weighted by molar-refractivity contribution is -0.167. The molecule has 0 aliphatic heterocycles. The molecule has 69 heavy (non-hydrogen) atoms. The van der Waals surface area contributed by atoms with Gasteiger partial charge in [-0.05, 0) is 19.3 Å². The highest BCUT2D eigenvalue weighted by atomic mass is 16.6. The molecule has 0 saturated heterocycles. The molecule has 0 radical (unpaired) electrons. The maximum atomic E-state index is 12.9. The van der Waals surface area contributed by atoms with Crippen LogP contribution in [0.15, 0.2) is 0 Å². The van der Waals surface area contributed by atoms with E-state index in [1.807, 2.05) is 0 Å². The predicted octanol–water partition coefficient (Wildman–Crippen LogP) is 21.1. The van der Waals surface area contributed by atoms with Crippen LogP contribution in [0.2, 0.25) is 0 Å². The minimum absolute atomic E-state index is 0.0608. The van der Waals surface area contributed by atoms with E-state index in [9.17, 15) is 14.4 Å².